The van der Waals surface area contributed by atoms with Gasteiger partial charge in [-0.2, -0.15) is 5.10 Å². The smallest absolute Gasteiger partial charge is 0.133 e. The van der Waals surface area contributed by atoms with Gasteiger partial charge >= 0.3 is 0 Å². The molecule has 1 N–H and O–H groups in total. The number of nitrogens with one attached hydrogen (secondary N) is 1. The van der Waals surface area contributed by atoms with Crippen molar-refractivity contribution < 1.29 is 9.47 Å². The molecule has 0 unspecified atom stereocenters. The van der Waals surface area contributed by atoms with E-state index in [0.29, 0.717) is 0 Å². The summed E-state index contributed by atoms with van der Waals surface area (Å²) in [6, 6.07) is 16.1. The Balaban J connectivity index is 1.85. The lowest BCUT2D eigenvalue weighted by Gasteiger charge is -2.09. The minimum absolute atomic E-state index is 0.841. The lowest BCUT2D eigenvalue weighted by atomic mass is 10.0. The van der Waals surface area contributed by atoms with Crippen LogP contribution < -0.4 is 14.8 Å². The van der Waals surface area contributed by atoms with E-state index in [9.17, 15) is 0 Å². The SMILES string of the molecule is COc1ccc(-n2nc(-c3cccc(OC)c3)c3c2NCCCC3)cc1. The van der Waals surface area contributed by atoms with Crippen LogP contribution in [0.3, 0.4) is 0 Å². The van der Waals surface area contributed by atoms with Crippen molar-refractivity contribution in [3.8, 4) is 28.4 Å². The third-order valence-electron chi connectivity index (χ3n) is 4.79. The summed E-state index contributed by atoms with van der Waals surface area (Å²) in [5, 5.41) is 8.54. The summed E-state index contributed by atoms with van der Waals surface area (Å²) in [6.45, 7) is 0.965. The van der Waals surface area contributed by atoms with Crippen molar-refractivity contribution in [3.05, 3.63) is 54.1 Å². The second kappa shape index (κ2) is 7.12. The molecule has 3 aromatic rings. The molecule has 0 atom stereocenters. The number of rotatable bonds is 4. The van der Waals surface area contributed by atoms with Gasteiger partial charge in [0.2, 0.25) is 0 Å². The molecule has 0 aliphatic carbocycles. The topological polar surface area (TPSA) is 48.3 Å². The third kappa shape index (κ3) is 3.01. The molecule has 134 valence electrons. The molecule has 1 aliphatic rings. The molecule has 0 saturated heterocycles. The van der Waals surface area contributed by atoms with Crippen LogP contribution in [0.5, 0.6) is 11.5 Å². The van der Waals surface area contributed by atoms with E-state index in [1.54, 1.807) is 14.2 Å². The van der Waals surface area contributed by atoms with Gasteiger partial charge in [-0.3, -0.25) is 0 Å². The highest BCUT2D eigenvalue weighted by Gasteiger charge is 2.21. The fourth-order valence-electron chi connectivity index (χ4n) is 3.41. The van der Waals surface area contributed by atoms with Gasteiger partial charge < -0.3 is 14.8 Å². The fraction of sp³-hybridized carbons (Fsp3) is 0.286. The highest BCUT2D eigenvalue weighted by Crippen LogP contribution is 2.35. The molecular formula is C21H23N3O2. The average molecular weight is 349 g/mol. The van der Waals surface area contributed by atoms with Crippen molar-refractivity contribution in [2.24, 2.45) is 0 Å². The van der Waals surface area contributed by atoms with Gasteiger partial charge in [0.15, 0.2) is 0 Å². The van der Waals surface area contributed by atoms with Gasteiger partial charge in [0.1, 0.15) is 17.3 Å². The van der Waals surface area contributed by atoms with Crippen LogP contribution in [0.1, 0.15) is 18.4 Å². The standard InChI is InChI=1S/C21H23N3O2/c1-25-17-11-9-16(10-12-17)24-21-19(8-3-4-13-22-21)20(23-24)15-6-5-7-18(14-15)26-2/h5-7,9-12,14,22H,3-4,8,13H2,1-2H3. The van der Waals surface area contributed by atoms with Crippen LogP contribution in [0, 0.1) is 0 Å². The van der Waals surface area contributed by atoms with Gasteiger partial charge in [-0.15, -0.1) is 0 Å². The molecule has 2 aromatic carbocycles. The maximum atomic E-state index is 5.40. The zero-order valence-corrected chi connectivity index (χ0v) is 15.2. The van der Waals surface area contributed by atoms with Gasteiger partial charge in [-0.1, -0.05) is 12.1 Å². The number of ether oxygens (including phenoxy) is 2. The maximum Gasteiger partial charge on any atom is 0.133 e. The Morgan fingerprint density at radius 1 is 0.962 bits per heavy atom. The highest BCUT2D eigenvalue weighted by molar-refractivity contribution is 5.72. The van der Waals surface area contributed by atoms with Crippen LogP contribution >= 0.6 is 0 Å². The number of anilines is 1. The van der Waals surface area contributed by atoms with Crippen molar-refractivity contribution >= 4 is 5.82 Å². The molecule has 1 aliphatic heterocycles. The first kappa shape index (κ1) is 16.5. The number of benzene rings is 2. The summed E-state index contributed by atoms with van der Waals surface area (Å²) in [5.74, 6) is 2.77. The van der Waals surface area contributed by atoms with Gasteiger partial charge in [0.05, 0.1) is 25.6 Å². The van der Waals surface area contributed by atoms with Crippen LogP contribution in [-0.4, -0.2) is 30.5 Å². The third-order valence-corrected chi connectivity index (χ3v) is 4.79. The summed E-state index contributed by atoms with van der Waals surface area (Å²) >= 11 is 0. The quantitative estimate of drug-likeness (QED) is 0.763. The number of nitrogens with zero attached hydrogens (tertiary/aromatic N) is 2. The van der Waals surface area contributed by atoms with E-state index >= 15 is 0 Å². The average Bonchev–Trinajstić information content (AvgIpc) is 2.89. The summed E-state index contributed by atoms with van der Waals surface area (Å²) < 4.78 is 12.7. The summed E-state index contributed by atoms with van der Waals surface area (Å²) in [5.41, 5.74) is 4.39. The van der Waals surface area contributed by atoms with Gasteiger partial charge in [0, 0.05) is 17.7 Å². The number of fused-ring (bicyclic) bond motifs is 1. The molecule has 1 aromatic heterocycles. The highest BCUT2D eigenvalue weighted by atomic mass is 16.5. The molecule has 0 bridgehead atoms. The summed E-state index contributed by atoms with van der Waals surface area (Å²) in [6.07, 6.45) is 3.34. The Hall–Kier alpha value is -2.95. The normalized spacial score (nSPS) is 13.5. The number of methoxy groups -OCH3 is 2. The van der Waals surface area contributed by atoms with E-state index in [2.05, 4.69) is 11.4 Å². The van der Waals surface area contributed by atoms with E-state index in [-0.39, 0.29) is 0 Å². The molecule has 0 saturated carbocycles. The molecular weight excluding hydrogens is 326 g/mol. The molecule has 2 heterocycles. The van der Waals surface area contributed by atoms with Crippen molar-refractivity contribution in [3.63, 3.8) is 0 Å². The molecule has 4 rings (SSSR count). The molecule has 0 radical (unpaired) electrons. The van der Waals surface area contributed by atoms with E-state index < -0.39 is 0 Å². The molecule has 26 heavy (non-hydrogen) atoms. The van der Waals surface area contributed by atoms with Gasteiger partial charge in [0.25, 0.3) is 0 Å². The second-order valence-electron chi connectivity index (χ2n) is 6.40. The first-order valence-electron chi connectivity index (χ1n) is 8.95. The minimum Gasteiger partial charge on any atom is -0.497 e. The number of aromatic nitrogens is 2. The van der Waals surface area contributed by atoms with Crippen molar-refractivity contribution in [1.29, 1.82) is 0 Å². The lowest BCUT2D eigenvalue weighted by molar-refractivity contribution is 0.414. The maximum absolute atomic E-state index is 5.40. The zero-order valence-electron chi connectivity index (χ0n) is 15.2. The molecule has 0 amide bonds. The monoisotopic (exact) mass is 349 g/mol. The predicted octanol–water partition coefficient (Wildman–Crippen LogP) is 4.30. The van der Waals surface area contributed by atoms with E-state index in [4.69, 9.17) is 14.6 Å². The fourth-order valence-corrected chi connectivity index (χ4v) is 3.41. The predicted molar refractivity (Wildman–Crippen MR) is 104 cm³/mol. The van der Waals surface area contributed by atoms with Crippen LogP contribution in [0.4, 0.5) is 5.82 Å². The molecule has 0 spiro atoms. The minimum atomic E-state index is 0.841. The second-order valence-corrected chi connectivity index (χ2v) is 6.40. The summed E-state index contributed by atoms with van der Waals surface area (Å²) in [4.78, 5) is 0. The van der Waals surface area contributed by atoms with E-state index in [0.717, 1.165) is 60.1 Å². The van der Waals surface area contributed by atoms with Gasteiger partial charge in [-0.05, 0) is 55.7 Å². The molecule has 0 fully saturated rings. The van der Waals surface area contributed by atoms with E-state index in [1.165, 1.54) is 5.56 Å². The Bertz CT molecular complexity index is 900. The van der Waals surface area contributed by atoms with Crippen molar-refractivity contribution in [1.82, 2.24) is 9.78 Å². The van der Waals surface area contributed by atoms with Crippen molar-refractivity contribution in [2.45, 2.75) is 19.3 Å². The Kier molecular flexibility index (Phi) is 4.52. The first-order valence-corrected chi connectivity index (χ1v) is 8.95. The van der Waals surface area contributed by atoms with Crippen LogP contribution in [0.2, 0.25) is 0 Å². The van der Waals surface area contributed by atoms with Crippen LogP contribution in [0.25, 0.3) is 16.9 Å². The van der Waals surface area contributed by atoms with Gasteiger partial charge in [-0.25, -0.2) is 4.68 Å². The molecule has 5 heteroatoms. The first-order chi connectivity index (χ1) is 12.8. The Morgan fingerprint density at radius 3 is 2.54 bits per heavy atom. The summed E-state index contributed by atoms with van der Waals surface area (Å²) in [7, 11) is 3.37. The van der Waals surface area contributed by atoms with Crippen LogP contribution in [0.15, 0.2) is 48.5 Å². The largest absolute Gasteiger partial charge is 0.497 e. The van der Waals surface area contributed by atoms with Crippen LogP contribution in [-0.2, 0) is 6.42 Å². The molecule has 5 nitrogen and oxygen atoms in total. The lowest BCUT2D eigenvalue weighted by Crippen LogP contribution is -2.07. The Morgan fingerprint density at radius 2 is 1.77 bits per heavy atom. The van der Waals surface area contributed by atoms with Crippen molar-refractivity contribution in [2.75, 3.05) is 26.1 Å². The zero-order chi connectivity index (χ0) is 17.9. The van der Waals surface area contributed by atoms with E-state index in [1.807, 2.05) is 47.1 Å². The Labute approximate surface area is 153 Å². The number of hydrogen-bond acceptors (Lipinski definition) is 4. The number of hydrogen-bond donors (Lipinski definition) is 1.